The highest BCUT2D eigenvalue weighted by molar-refractivity contribution is 7.99. The van der Waals surface area contributed by atoms with Gasteiger partial charge in [-0.2, -0.15) is 18.4 Å². The van der Waals surface area contributed by atoms with E-state index >= 15 is 0 Å². The standard InChI is InChI=1S/C24H20F3N3O3S2/c1-32-12-17-13-35-20-10-16(5-6-19(20)33-17)30-22(34)29(21(31)23(30)7-2-8-23)15-4-3-14(11-28)18(9-15)24(25,26)27/h3-6,9-10,17H,2,7-8,12-13H2,1H3/t17-/m0/s1. The van der Waals surface area contributed by atoms with Crippen molar-refractivity contribution in [3.63, 3.8) is 0 Å². The summed E-state index contributed by atoms with van der Waals surface area (Å²) in [4.78, 5) is 17.5. The van der Waals surface area contributed by atoms with Gasteiger partial charge in [0.05, 0.1) is 34.4 Å². The fourth-order valence-electron chi connectivity index (χ4n) is 4.72. The summed E-state index contributed by atoms with van der Waals surface area (Å²) in [7, 11) is 1.62. The van der Waals surface area contributed by atoms with Crippen LogP contribution < -0.4 is 14.5 Å². The molecule has 1 atom stereocenters. The minimum Gasteiger partial charge on any atom is -0.486 e. The summed E-state index contributed by atoms with van der Waals surface area (Å²) in [6.07, 6.45) is -2.91. The Kier molecular flexibility index (Phi) is 5.94. The molecule has 2 aliphatic heterocycles. The van der Waals surface area contributed by atoms with Crippen molar-refractivity contribution in [3.8, 4) is 11.8 Å². The average molecular weight is 520 g/mol. The molecule has 0 N–H and O–H groups in total. The number of nitriles is 1. The summed E-state index contributed by atoms with van der Waals surface area (Å²) in [5.41, 5.74) is -1.85. The lowest BCUT2D eigenvalue weighted by atomic mass is 9.75. The van der Waals surface area contributed by atoms with Gasteiger partial charge in [0.2, 0.25) is 0 Å². The number of nitrogens with zero attached hydrogens (tertiary/aromatic N) is 3. The Morgan fingerprint density at radius 3 is 2.63 bits per heavy atom. The lowest BCUT2D eigenvalue weighted by Crippen LogP contribution is -2.55. The van der Waals surface area contributed by atoms with Crippen molar-refractivity contribution in [1.29, 1.82) is 5.26 Å². The van der Waals surface area contributed by atoms with Crippen LogP contribution in [0.2, 0.25) is 0 Å². The maximum absolute atomic E-state index is 13.6. The van der Waals surface area contributed by atoms with Crippen LogP contribution >= 0.6 is 24.0 Å². The van der Waals surface area contributed by atoms with Crippen molar-refractivity contribution in [3.05, 3.63) is 47.5 Å². The van der Waals surface area contributed by atoms with Gasteiger partial charge in [-0.05, 0) is 67.9 Å². The minimum atomic E-state index is -4.74. The first kappa shape index (κ1) is 23.9. The molecule has 3 aliphatic rings. The highest BCUT2D eigenvalue weighted by Crippen LogP contribution is 2.50. The summed E-state index contributed by atoms with van der Waals surface area (Å²) >= 11 is 7.30. The van der Waals surface area contributed by atoms with Crippen LogP contribution in [0.4, 0.5) is 24.5 Å². The first-order chi connectivity index (χ1) is 16.7. The lowest BCUT2D eigenvalue weighted by molar-refractivity contribution is -0.137. The molecule has 1 spiro atoms. The van der Waals surface area contributed by atoms with Crippen molar-refractivity contribution in [2.24, 2.45) is 0 Å². The number of benzene rings is 2. The molecular formula is C24H20F3N3O3S2. The zero-order chi connectivity index (χ0) is 25.0. The van der Waals surface area contributed by atoms with Gasteiger partial charge in [0.25, 0.3) is 5.91 Å². The number of methoxy groups -OCH3 is 1. The SMILES string of the molecule is COC[C@H]1CSc2cc(N3C(=S)N(c4ccc(C#N)c(C(F)(F)F)c4)C(=O)C34CCC4)ccc2O1. The number of anilines is 2. The number of halogens is 3. The highest BCUT2D eigenvalue weighted by atomic mass is 32.2. The second-order valence-electron chi connectivity index (χ2n) is 8.62. The molecule has 1 saturated carbocycles. The molecule has 2 fully saturated rings. The third-order valence-corrected chi connectivity index (χ3v) is 8.07. The molecule has 5 rings (SSSR count). The van der Waals surface area contributed by atoms with Crippen LogP contribution in [0.25, 0.3) is 0 Å². The van der Waals surface area contributed by atoms with E-state index in [4.69, 9.17) is 27.0 Å². The van der Waals surface area contributed by atoms with Crippen LogP contribution in [0.1, 0.15) is 30.4 Å². The number of ether oxygens (including phenoxy) is 2. The number of hydrogen-bond donors (Lipinski definition) is 0. The van der Waals surface area contributed by atoms with Gasteiger partial charge in [-0.1, -0.05) is 0 Å². The van der Waals surface area contributed by atoms with Crippen molar-refractivity contribution >= 4 is 46.4 Å². The van der Waals surface area contributed by atoms with Crippen molar-refractivity contribution < 1.29 is 27.4 Å². The summed E-state index contributed by atoms with van der Waals surface area (Å²) in [5.74, 6) is 1.06. The first-order valence-electron chi connectivity index (χ1n) is 10.9. The molecule has 6 nitrogen and oxygen atoms in total. The van der Waals surface area contributed by atoms with Crippen LogP contribution in [0.15, 0.2) is 41.3 Å². The molecule has 2 aromatic carbocycles. The van der Waals surface area contributed by atoms with Crippen molar-refractivity contribution in [2.75, 3.05) is 29.3 Å². The zero-order valence-corrected chi connectivity index (χ0v) is 20.2. The van der Waals surface area contributed by atoms with E-state index in [-0.39, 0.29) is 22.8 Å². The fraction of sp³-hybridized carbons (Fsp3) is 0.375. The van der Waals surface area contributed by atoms with E-state index in [9.17, 15) is 18.0 Å². The van der Waals surface area contributed by atoms with E-state index in [0.717, 1.165) is 23.4 Å². The Balaban J connectivity index is 1.53. The molecule has 182 valence electrons. The van der Waals surface area contributed by atoms with E-state index in [2.05, 4.69) is 0 Å². The number of rotatable bonds is 4. The van der Waals surface area contributed by atoms with Crippen LogP contribution in [0, 0.1) is 11.3 Å². The molecule has 1 saturated heterocycles. The number of hydrogen-bond acceptors (Lipinski definition) is 6. The van der Waals surface area contributed by atoms with Gasteiger partial charge in [-0.25, -0.2) is 0 Å². The Hall–Kier alpha value is -2.81. The van der Waals surface area contributed by atoms with E-state index in [0.29, 0.717) is 36.6 Å². The monoisotopic (exact) mass is 519 g/mol. The fourth-order valence-corrected chi connectivity index (χ4v) is 6.18. The highest BCUT2D eigenvalue weighted by Gasteiger charge is 2.59. The van der Waals surface area contributed by atoms with E-state index in [1.54, 1.807) is 29.8 Å². The largest absolute Gasteiger partial charge is 0.486 e. The van der Waals surface area contributed by atoms with Crippen LogP contribution in [0.5, 0.6) is 5.75 Å². The summed E-state index contributed by atoms with van der Waals surface area (Å²) in [5, 5.41) is 9.24. The molecule has 11 heteroatoms. The summed E-state index contributed by atoms with van der Waals surface area (Å²) < 4.78 is 51.9. The normalized spacial score (nSPS) is 20.9. The smallest absolute Gasteiger partial charge is 0.417 e. The molecular weight excluding hydrogens is 499 g/mol. The lowest BCUT2D eigenvalue weighted by Gasteiger charge is -2.43. The van der Waals surface area contributed by atoms with Crippen molar-refractivity contribution in [1.82, 2.24) is 0 Å². The van der Waals surface area contributed by atoms with Gasteiger partial charge >= 0.3 is 6.18 Å². The summed E-state index contributed by atoms with van der Waals surface area (Å²) in [6.45, 7) is 0.474. The zero-order valence-electron chi connectivity index (χ0n) is 18.6. The van der Waals surface area contributed by atoms with Gasteiger partial charge in [-0.3, -0.25) is 9.69 Å². The second kappa shape index (κ2) is 8.69. The topological polar surface area (TPSA) is 65.8 Å². The number of thioether (sulfide) groups is 1. The maximum Gasteiger partial charge on any atom is 0.417 e. The molecule has 35 heavy (non-hydrogen) atoms. The Labute approximate surface area is 209 Å². The van der Waals surface area contributed by atoms with Gasteiger partial charge in [0.1, 0.15) is 17.4 Å². The average Bonchev–Trinajstić information content (AvgIpc) is 3.04. The van der Waals surface area contributed by atoms with Crippen LogP contribution in [-0.2, 0) is 15.7 Å². The molecule has 0 aromatic heterocycles. The molecule has 2 heterocycles. The number of fused-ring (bicyclic) bond motifs is 1. The quantitative estimate of drug-likeness (QED) is 0.519. The molecule has 2 aromatic rings. The molecule has 1 aliphatic carbocycles. The van der Waals surface area contributed by atoms with Gasteiger partial charge in [0, 0.05) is 18.6 Å². The van der Waals surface area contributed by atoms with Crippen molar-refractivity contribution in [2.45, 2.75) is 42.0 Å². The van der Waals surface area contributed by atoms with Crippen LogP contribution in [0.3, 0.4) is 0 Å². The Morgan fingerprint density at radius 1 is 1.26 bits per heavy atom. The predicted octanol–water partition coefficient (Wildman–Crippen LogP) is 5.14. The van der Waals surface area contributed by atoms with Crippen LogP contribution in [-0.4, -0.2) is 42.1 Å². The minimum absolute atomic E-state index is 0.00169. The van der Waals surface area contributed by atoms with E-state index in [1.807, 2.05) is 18.2 Å². The number of carbonyl (C=O) groups is 1. The van der Waals surface area contributed by atoms with E-state index < -0.39 is 22.8 Å². The van der Waals surface area contributed by atoms with Gasteiger partial charge in [0.15, 0.2) is 5.11 Å². The summed E-state index contributed by atoms with van der Waals surface area (Å²) in [6, 6.07) is 10.4. The number of carbonyl (C=O) groups excluding carboxylic acids is 1. The van der Waals surface area contributed by atoms with E-state index in [1.165, 1.54) is 11.0 Å². The number of alkyl halides is 3. The molecule has 1 amide bonds. The third kappa shape index (κ3) is 3.84. The molecule has 0 bridgehead atoms. The third-order valence-electron chi connectivity index (χ3n) is 6.54. The predicted molar refractivity (Wildman–Crippen MR) is 129 cm³/mol. The Morgan fingerprint density at radius 2 is 2.00 bits per heavy atom. The molecule has 0 unspecified atom stereocenters. The first-order valence-corrected chi connectivity index (χ1v) is 12.3. The van der Waals surface area contributed by atoms with Gasteiger partial charge < -0.3 is 14.4 Å². The van der Waals surface area contributed by atoms with Gasteiger partial charge in [-0.15, -0.1) is 11.8 Å². The maximum atomic E-state index is 13.6. The molecule has 0 radical (unpaired) electrons. The second-order valence-corrected chi connectivity index (χ2v) is 10.0. The number of amides is 1. The number of thiocarbonyl (C=S) groups is 1. The Bertz CT molecular complexity index is 1260.